The molecule has 1 atom stereocenters. The topological polar surface area (TPSA) is 52.0 Å². The van der Waals surface area contributed by atoms with Crippen molar-refractivity contribution in [3.05, 3.63) is 53.1 Å². The molecular formula is C21H29N2O3+. The molecule has 0 heterocycles. The molecule has 0 aliphatic heterocycles. The van der Waals surface area contributed by atoms with Gasteiger partial charge >= 0.3 is 0 Å². The van der Waals surface area contributed by atoms with Crippen LogP contribution in [0.5, 0.6) is 11.5 Å². The number of likely N-dealkylation sites (N-methyl/N-ethyl adjacent to an activating group) is 1. The monoisotopic (exact) mass is 357 g/mol. The van der Waals surface area contributed by atoms with Crippen molar-refractivity contribution < 1.29 is 19.2 Å². The fourth-order valence-corrected chi connectivity index (χ4v) is 2.90. The maximum absolute atomic E-state index is 12.3. The van der Waals surface area contributed by atoms with Crippen LogP contribution in [0.15, 0.2) is 36.4 Å². The van der Waals surface area contributed by atoms with Crippen LogP contribution in [0, 0.1) is 13.8 Å². The largest absolute Gasteiger partial charge is 0.493 e. The van der Waals surface area contributed by atoms with Crippen molar-refractivity contribution in [3.8, 4) is 11.5 Å². The van der Waals surface area contributed by atoms with Gasteiger partial charge in [-0.2, -0.15) is 0 Å². The molecule has 5 heteroatoms. The summed E-state index contributed by atoms with van der Waals surface area (Å²) in [6, 6.07) is 12.0. The molecular weight excluding hydrogens is 328 g/mol. The summed E-state index contributed by atoms with van der Waals surface area (Å²) in [5.41, 5.74) is 4.32. The maximum Gasteiger partial charge on any atom is 0.279 e. The number of aryl methyl sites for hydroxylation is 2. The van der Waals surface area contributed by atoms with E-state index in [0.29, 0.717) is 6.54 Å². The summed E-state index contributed by atoms with van der Waals surface area (Å²) in [5.74, 6) is 1.49. The predicted molar refractivity (Wildman–Crippen MR) is 104 cm³/mol. The number of hydrogen-bond acceptors (Lipinski definition) is 3. The summed E-state index contributed by atoms with van der Waals surface area (Å²) in [5, 5.41) is 3.00. The van der Waals surface area contributed by atoms with Crippen LogP contribution in [-0.2, 0) is 11.2 Å². The van der Waals surface area contributed by atoms with E-state index in [1.165, 1.54) is 5.56 Å². The molecule has 0 saturated carbocycles. The molecule has 1 amide bonds. The zero-order chi connectivity index (χ0) is 19.1. The van der Waals surface area contributed by atoms with E-state index in [4.69, 9.17) is 9.47 Å². The molecule has 0 spiro atoms. The van der Waals surface area contributed by atoms with Gasteiger partial charge in [-0.3, -0.25) is 4.79 Å². The van der Waals surface area contributed by atoms with E-state index in [-0.39, 0.29) is 5.91 Å². The van der Waals surface area contributed by atoms with Gasteiger partial charge in [0, 0.05) is 12.1 Å². The van der Waals surface area contributed by atoms with Crippen molar-refractivity contribution in [2.45, 2.75) is 20.3 Å². The van der Waals surface area contributed by atoms with Crippen LogP contribution in [0.4, 0.5) is 5.69 Å². The summed E-state index contributed by atoms with van der Waals surface area (Å²) in [7, 11) is 5.29. The number of quaternary nitrogens is 1. The molecule has 2 N–H and O–H groups in total. The average Bonchev–Trinajstić information content (AvgIpc) is 2.62. The van der Waals surface area contributed by atoms with Gasteiger partial charge in [-0.1, -0.05) is 23.8 Å². The zero-order valence-electron chi connectivity index (χ0n) is 16.3. The molecule has 2 rings (SSSR count). The third-order valence-corrected chi connectivity index (χ3v) is 4.41. The Morgan fingerprint density at radius 3 is 2.42 bits per heavy atom. The van der Waals surface area contributed by atoms with E-state index in [9.17, 15) is 4.79 Å². The van der Waals surface area contributed by atoms with Gasteiger partial charge in [-0.15, -0.1) is 0 Å². The van der Waals surface area contributed by atoms with Gasteiger partial charge in [0.05, 0.1) is 27.8 Å². The van der Waals surface area contributed by atoms with Crippen LogP contribution in [0.3, 0.4) is 0 Å². The fourth-order valence-electron chi connectivity index (χ4n) is 2.90. The van der Waals surface area contributed by atoms with Crippen molar-refractivity contribution in [1.82, 2.24) is 0 Å². The lowest BCUT2D eigenvalue weighted by atomic mass is 10.1. The number of benzene rings is 2. The molecule has 1 unspecified atom stereocenters. The number of nitrogens with one attached hydrogen (secondary N) is 2. The Morgan fingerprint density at radius 1 is 1.04 bits per heavy atom. The Labute approximate surface area is 155 Å². The van der Waals surface area contributed by atoms with Gasteiger partial charge in [0.1, 0.15) is 0 Å². The molecule has 0 saturated heterocycles. The van der Waals surface area contributed by atoms with Crippen molar-refractivity contribution >= 4 is 11.6 Å². The summed E-state index contributed by atoms with van der Waals surface area (Å²) >= 11 is 0. The number of hydrogen-bond donors (Lipinski definition) is 2. The number of carbonyl (C=O) groups is 1. The Balaban J connectivity index is 1.86. The van der Waals surface area contributed by atoms with Crippen molar-refractivity contribution in [3.63, 3.8) is 0 Å². The zero-order valence-corrected chi connectivity index (χ0v) is 16.3. The molecule has 26 heavy (non-hydrogen) atoms. The van der Waals surface area contributed by atoms with Crippen LogP contribution < -0.4 is 19.7 Å². The summed E-state index contributed by atoms with van der Waals surface area (Å²) in [6.45, 7) is 5.34. The Bertz CT molecular complexity index is 759. The Kier molecular flexibility index (Phi) is 7.04. The number of amides is 1. The standard InChI is InChI=1S/C21H28N2O3/c1-15-6-8-18(16(2)12-15)22-21(24)14-23(3)11-10-17-7-9-19(25-4)20(13-17)26-5/h6-9,12-13H,10-11,14H2,1-5H3,(H,22,24)/p+1. The van der Waals surface area contributed by atoms with Gasteiger partial charge in [0.2, 0.25) is 0 Å². The molecule has 140 valence electrons. The van der Waals surface area contributed by atoms with Crippen LogP contribution in [0.25, 0.3) is 0 Å². The molecule has 5 nitrogen and oxygen atoms in total. The second kappa shape index (κ2) is 9.25. The molecule has 0 aliphatic rings. The highest BCUT2D eigenvalue weighted by atomic mass is 16.5. The number of rotatable bonds is 8. The minimum atomic E-state index is 0.0294. The van der Waals surface area contributed by atoms with Gasteiger partial charge < -0.3 is 19.7 Å². The van der Waals surface area contributed by atoms with Gasteiger partial charge in [-0.05, 0) is 43.2 Å². The molecule has 0 fully saturated rings. The normalized spacial score (nSPS) is 11.7. The average molecular weight is 357 g/mol. The maximum atomic E-state index is 12.3. The van der Waals surface area contributed by atoms with E-state index in [1.54, 1.807) is 14.2 Å². The first-order valence-electron chi connectivity index (χ1n) is 8.82. The first kappa shape index (κ1) is 19.8. The van der Waals surface area contributed by atoms with E-state index in [0.717, 1.165) is 46.2 Å². The minimum Gasteiger partial charge on any atom is -0.493 e. The van der Waals surface area contributed by atoms with Crippen molar-refractivity contribution in [2.75, 3.05) is 39.7 Å². The number of anilines is 1. The van der Waals surface area contributed by atoms with Crippen molar-refractivity contribution in [2.24, 2.45) is 0 Å². The summed E-state index contributed by atoms with van der Waals surface area (Å²) in [4.78, 5) is 13.4. The van der Waals surface area contributed by atoms with E-state index in [2.05, 4.69) is 11.4 Å². The van der Waals surface area contributed by atoms with Crippen molar-refractivity contribution in [1.29, 1.82) is 0 Å². The van der Waals surface area contributed by atoms with Gasteiger partial charge in [0.25, 0.3) is 5.91 Å². The van der Waals surface area contributed by atoms with E-state index < -0.39 is 0 Å². The van der Waals surface area contributed by atoms with E-state index in [1.807, 2.05) is 51.2 Å². The second-order valence-corrected chi connectivity index (χ2v) is 6.69. The van der Waals surface area contributed by atoms with E-state index >= 15 is 0 Å². The molecule has 0 aliphatic carbocycles. The number of carbonyl (C=O) groups excluding carboxylic acids is 1. The van der Waals surface area contributed by atoms with Crippen LogP contribution in [0.1, 0.15) is 16.7 Å². The highest BCUT2D eigenvalue weighted by Gasteiger charge is 2.12. The highest BCUT2D eigenvalue weighted by Crippen LogP contribution is 2.27. The van der Waals surface area contributed by atoms with Gasteiger partial charge in [0.15, 0.2) is 18.0 Å². The minimum absolute atomic E-state index is 0.0294. The van der Waals surface area contributed by atoms with Gasteiger partial charge in [-0.25, -0.2) is 0 Å². The third-order valence-electron chi connectivity index (χ3n) is 4.41. The quantitative estimate of drug-likeness (QED) is 0.760. The van der Waals surface area contributed by atoms with Crippen LogP contribution in [-0.4, -0.2) is 40.3 Å². The third kappa shape index (κ3) is 5.49. The molecule has 0 aromatic heterocycles. The lowest BCUT2D eigenvalue weighted by Gasteiger charge is -2.15. The molecule has 2 aromatic carbocycles. The second-order valence-electron chi connectivity index (χ2n) is 6.69. The smallest absolute Gasteiger partial charge is 0.279 e. The molecule has 0 bridgehead atoms. The molecule has 2 aromatic rings. The highest BCUT2D eigenvalue weighted by molar-refractivity contribution is 5.92. The van der Waals surface area contributed by atoms with Crippen LogP contribution >= 0.6 is 0 Å². The Hall–Kier alpha value is -2.53. The Morgan fingerprint density at radius 2 is 1.77 bits per heavy atom. The predicted octanol–water partition coefficient (Wildman–Crippen LogP) is 2.02. The number of methoxy groups -OCH3 is 2. The lowest BCUT2D eigenvalue weighted by Crippen LogP contribution is -3.10. The molecule has 0 radical (unpaired) electrons. The fraction of sp³-hybridized carbons (Fsp3) is 0.381. The summed E-state index contributed by atoms with van der Waals surface area (Å²) < 4.78 is 10.6. The first-order chi connectivity index (χ1) is 12.4. The SMILES string of the molecule is COc1ccc(CC[NH+](C)CC(=O)Nc2ccc(C)cc2C)cc1OC. The number of ether oxygens (including phenoxy) is 2. The first-order valence-corrected chi connectivity index (χ1v) is 8.82. The lowest BCUT2D eigenvalue weighted by molar-refractivity contribution is -0.870. The van der Waals surface area contributed by atoms with Crippen LogP contribution in [0.2, 0.25) is 0 Å². The summed E-state index contributed by atoms with van der Waals surface area (Å²) in [6.07, 6.45) is 0.864.